The van der Waals surface area contributed by atoms with Gasteiger partial charge >= 0.3 is 0 Å². The first-order chi connectivity index (χ1) is 12.1. The van der Waals surface area contributed by atoms with E-state index in [4.69, 9.17) is 9.47 Å². The smallest absolute Gasteiger partial charge is 0.211 e. The minimum absolute atomic E-state index is 0.0923. The SMILES string of the molecule is CCNC(=NCCCOCC1CCOCC1)NCCNS(=O)(=O)CC. The Morgan fingerprint density at radius 3 is 2.64 bits per heavy atom. The molecule has 1 aliphatic rings. The van der Waals surface area contributed by atoms with Gasteiger partial charge in [-0.25, -0.2) is 13.1 Å². The van der Waals surface area contributed by atoms with Crippen LogP contribution in [0.5, 0.6) is 0 Å². The molecule has 0 bridgehead atoms. The van der Waals surface area contributed by atoms with Crippen molar-refractivity contribution in [3.63, 3.8) is 0 Å². The summed E-state index contributed by atoms with van der Waals surface area (Å²) in [5, 5.41) is 6.26. The number of nitrogens with zero attached hydrogens (tertiary/aromatic N) is 1. The Kier molecular flexibility index (Phi) is 11.8. The fraction of sp³-hybridized carbons (Fsp3) is 0.938. The maximum atomic E-state index is 11.4. The molecule has 148 valence electrons. The van der Waals surface area contributed by atoms with Gasteiger partial charge in [-0.3, -0.25) is 4.99 Å². The zero-order valence-electron chi connectivity index (χ0n) is 15.6. The average molecular weight is 379 g/mol. The monoisotopic (exact) mass is 378 g/mol. The van der Waals surface area contributed by atoms with E-state index >= 15 is 0 Å². The zero-order valence-corrected chi connectivity index (χ0v) is 16.4. The first-order valence-electron chi connectivity index (χ1n) is 9.22. The lowest BCUT2D eigenvalue weighted by atomic mass is 10.0. The summed E-state index contributed by atoms with van der Waals surface area (Å²) in [5.41, 5.74) is 0. The molecule has 0 spiro atoms. The highest BCUT2D eigenvalue weighted by Crippen LogP contribution is 2.14. The molecule has 0 aromatic rings. The van der Waals surface area contributed by atoms with Gasteiger partial charge in [0.25, 0.3) is 0 Å². The second-order valence-corrected chi connectivity index (χ2v) is 8.06. The minimum Gasteiger partial charge on any atom is -0.381 e. The van der Waals surface area contributed by atoms with E-state index in [-0.39, 0.29) is 5.75 Å². The second-order valence-electron chi connectivity index (χ2n) is 5.97. The molecule has 1 fully saturated rings. The predicted molar refractivity (Wildman–Crippen MR) is 100 cm³/mol. The van der Waals surface area contributed by atoms with Crippen molar-refractivity contribution in [1.29, 1.82) is 0 Å². The van der Waals surface area contributed by atoms with E-state index in [1.165, 1.54) is 0 Å². The molecule has 0 amide bonds. The van der Waals surface area contributed by atoms with E-state index < -0.39 is 10.0 Å². The van der Waals surface area contributed by atoms with Crippen molar-refractivity contribution in [1.82, 2.24) is 15.4 Å². The van der Waals surface area contributed by atoms with Gasteiger partial charge in [0, 0.05) is 52.6 Å². The van der Waals surface area contributed by atoms with Gasteiger partial charge in [-0.1, -0.05) is 0 Å². The van der Waals surface area contributed by atoms with Crippen molar-refractivity contribution in [2.24, 2.45) is 10.9 Å². The van der Waals surface area contributed by atoms with E-state index in [2.05, 4.69) is 20.3 Å². The van der Waals surface area contributed by atoms with E-state index in [1.54, 1.807) is 6.92 Å². The molecule has 0 radical (unpaired) electrons. The summed E-state index contributed by atoms with van der Waals surface area (Å²) in [6, 6.07) is 0. The van der Waals surface area contributed by atoms with Gasteiger partial charge in [-0.2, -0.15) is 0 Å². The van der Waals surface area contributed by atoms with Crippen LogP contribution in [0.25, 0.3) is 0 Å². The summed E-state index contributed by atoms with van der Waals surface area (Å²) < 4.78 is 36.3. The Hall–Kier alpha value is -0.900. The van der Waals surface area contributed by atoms with Gasteiger partial charge in [-0.15, -0.1) is 0 Å². The van der Waals surface area contributed by atoms with E-state index in [0.29, 0.717) is 38.1 Å². The Morgan fingerprint density at radius 2 is 1.96 bits per heavy atom. The van der Waals surface area contributed by atoms with Gasteiger partial charge in [0.1, 0.15) is 0 Å². The summed E-state index contributed by atoms with van der Waals surface area (Å²) in [6.45, 7) is 9.09. The third-order valence-electron chi connectivity index (χ3n) is 3.87. The van der Waals surface area contributed by atoms with E-state index in [9.17, 15) is 8.42 Å². The van der Waals surface area contributed by atoms with Crippen LogP contribution in [0.2, 0.25) is 0 Å². The fourth-order valence-corrected chi connectivity index (χ4v) is 2.97. The highest BCUT2D eigenvalue weighted by Gasteiger charge is 2.13. The Morgan fingerprint density at radius 1 is 1.20 bits per heavy atom. The summed E-state index contributed by atoms with van der Waals surface area (Å²) in [6.07, 6.45) is 3.05. The minimum atomic E-state index is -3.14. The zero-order chi connectivity index (χ0) is 18.4. The molecule has 0 saturated carbocycles. The van der Waals surface area contributed by atoms with Crippen LogP contribution < -0.4 is 15.4 Å². The van der Waals surface area contributed by atoms with Gasteiger partial charge in [0.05, 0.1) is 5.75 Å². The summed E-state index contributed by atoms with van der Waals surface area (Å²) >= 11 is 0. The van der Waals surface area contributed by atoms with Crippen LogP contribution >= 0.6 is 0 Å². The molecule has 8 nitrogen and oxygen atoms in total. The number of aliphatic imine (C=N–C) groups is 1. The number of nitrogens with one attached hydrogen (secondary N) is 3. The third kappa shape index (κ3) is 11.4. The molecule has 9 heteroatoms. The molecule has 1 aliphatic heterocycles. The summed E-state index contributed by atoms with van der Waals surface area (Å²) in [4.78, 5) is 4.47. The number of guanidine groups is 1. The van der Waals surface area contributed by atoms with Crippen molar-refractivity contribution < 1.29 is 17.9 Å². The van der Waals surface area contributed by atoms with Gasteiger partial charge < -0.3 is 20.1 Å². The lowest BCUT2D eigenvalue weighted by Gasteiger charge is -2.21. The van der Waals surface area contributed by atoms with Crippen LogP contribution in [0.15, 0.2) is 4.99 Å². The van der Waals surface area contributed by atoms with Gasteiger partial charge in [0.2, 0.25) is 10.0 Å². The molecular formula is C16H34N4O4S. The predicted octanol–water partition coefficient (Wildman–Crippen LogP) is 0.314. The highest BCUT2D eigenvalue weighted by molar-refractivity contribution is 7.89. The van der Waals surface area contributed by atoms with Crippen LogP contribution in [0, 0.1) is 5.92 Å². The molecule has 0 aromatic heterocycles. The molecule has 0 unspecified atom stereocenters. The van der Waals surface area contributed by atoms with Crippen LogP contribution in [-0.2, 0) is 19.5 Å². The molecule has 1 heterocycles. The fourth-order valence-electron chi connectivity index (χ4n) is 2.35. The van der Waals surface area contributed by atoms with Crippen molar-refractivity contribution in [2.45, 2.75) is 33.1 Å². The van der Waals surface area contributed by atoms with Crippen molar-refractivity contribution in [3.8, 4) is 0 Å². The highest BCUT2D eigenvalue weighted by atomic mass is 32.2. The number of rotatable bonds is 12. The van der Waals surface area contributed by atoms with Gasteiger partial charge in [-0.05, 0) is 39.0 Å². The average Bonchev–Trinajstić information content (AvgIpc) is 2.62. The van der Waals surface area contributed by atoms with Crippen molar-refractivity contribution in [3.05, 3.63) is 0 Å². The molecule has 1 rings (SSSR count). The second kappa shape index (κ2) is 13.3. The third-order valence-corrected chi connectivity index (χ3v) is 5.28. The maximum Gasteiger partial charge on any atom is 0.211 e. The lowest BCUT2D eigenvalue weighted by molar-refractivity contribution is 0.0205. The summed E-state index contributed by atoms with van der Waals surface area (Å²) in [5.74, 6) is 1.42. The normalized spacial score (nSPS) is 16.8. The Labute approximate surface area is 152 Å². The molecule has 25 heavy (non-hydrogen) atoms. The number of hydrogen-bond donors (Lipinski definition) is 3. The van der Waals surface area contributed by atoms with Crippen LogP contribution in [0.3, 0.4) is 0 Å². The first kappa shape index (κ1) is 22.1. The molecule has 0 aromatic carbocycles. The molecule has 1 saturated heterocycles. The molecule has 0 atom stereocenters. The number of sulfonamides is 1. The van der Waals surface area contributed by atoms with Crippen molar-refractivity contribution >= 4 is 16.0 Å². The Balaban J connectivity index is 2.12. The topological polar surface area (TPSA) is 101 Å². The largest absolute Gasteiger partial charge is 0.381 e. The van der Waals surface area contributed by atoms with Crippen LogP contribution in [0.4, 0.5) is 0 Å². The van der Waals surface area contributed by atoms with Gasteiger partial charge in [0.15, 0.2) is 5.96 Å². The van der Waals surface area contributed by atoms with Crippen LogP contribution in [-0.4, -0.2) is 72.7 Å². The van der Waals surface area contributed by atoms with E-state index in [0.717, 1.165) is 45.6 Å². The quantitative estimate of drug-likeness (QED) is 0.257. The van der Waals surface area contributed by atoms with Crippen molar-refractivity contribution in [2.75, 3.05) is 58.4 Å². The standard InChI is InChI=1S/C16H34N4O4S/c1-3-17-16(19-9-10-20-25(21,22)4-2)18-8-5-11-24-14-15-6-12-23-13-7-15/h15,20H,3-14H2,1-2H3,(H2,17,18,19). The molecular weight excluding hydrogens is 344 g/mol. The molecule has 0 aliphatic carbocycles. The lowest BCUT2D eigenvalue weighted by Crippen LogP contribution is -2.41. The maximum absolute atomic E-state index is 11.4. The molecule has 3 N–H and O–H groups in total. The summed E-state index contributed by atoms with van der Waals surface area (Å²) in [7, 11) is -3.14. The number of ether oxygens (including phenoxy) is 2. The van der Waals surface area contributed by atoms with Crippen LogP contribution in [0.1, 0.15) is 33.1 Å². The van der Waals surface area contributed by atoms with E-state index in [1.807, 2.05) is 6.92 Å². The number of hydrogen-bond acceptors (Lipinski definition) is 5. The first-order valence-corrected chi connectivity index (χ1v) is 10.9. The Bertz CT molecular complexity index is 465.